The number of nitrogens with zero attached hydrogens (tertiary/aromatic N) is 3. The zero-order valence-corrected chi connectivity index (χ0v) is 25.3. The first-order chi connectivity index (χ1) is 20.9. The second kappa shape index (κ2) is 11.3. The highest BCUT2D eigenvalue weighted by Gasteiger charge is 2.49. The second-order valence-corrected chi connectivity index (χ2v) is 13.3. The van der Waals surface area contributed by atoms with Crippen molar-refractivity contribution in [2.24, 2.45) is 5.41 Å². The number of anilines is 1. The van der Waals surface area contributed by atoms with Gasteiger partial charge in [0.1, 0.15) is 22.7 Å². The van der Waals surface area contributed by atoms with Crippen molar-refractivity contribution in [1.82, 2.24) is 14.9 Å². The number of aromatic nitrogens is 2. The first kappa shape index (κ1) is 28.0. The molecule has 0 amide bonds. The number of likely N-dealkylation sites (tertiary alicyclic amines) is 1. The molecule has 1 atom stereocenters. The van der Waals surface area contributed by atoms with Gasteiger partial charge in [0.2, 0.25) is 0 Å². The highest BCUT2D eigenvalue weighted by molar-refractivity contribution is 5.92. The summed E-state index contributed by atoms with van der Waals surface area (Å²) in [5.74, 6) is 0.447. The molecule has 3 aliphatic rings. The second-order valence-electron chi connectivity index (χ2n) is 13.3. The van der Waals surface area contributed by atoms with Crippen molar-refractivity contribution in [3.05, 3.63) is 83.7 Å². The van der Waals surface area contributed by atoms with Gasteiger partial charge in [0, 0.05) is 48.5 Å². The van der Waals surface area contributed by atoms with E-state index < -0.39 is 5.97 Å². The molecule has 7 heteroatoms. The van der Waals surface area contributed by atoms with Crippen molar-refractivity contribution >= 4 is 22.7 Å². The van der Waals surface area contributed by atoms with E-state index >= 15 is 0 Å². The van der Waals surface area contributed by atoms with Gasteiger partial charge in [0.05, 0.1) is 6.20 Å². The average molecular weight is 579 g/mol. The number of piperidine rings is 1. The van der Waals surface area contributed by atoms with E-state index in [1.807, 2.05) is 30.5 Å². The third-order valence-corrected chi connectivity index (χ3v) is 10.3. The molecule has 2 N–H and O–H groups in total. The molecular formula is C36H42N4O3. The van der Waals surface area contributed by atoms with Gasteiger partial charge in [-0.25, -0.2) is 9.78 Å². The van der Waals surface area contributed by atoms with Crippen LogP contribution >= 0.6 is 0 Å². The predicted molar refractivity (Wildman–Crippen MR) is 170 cm³/mol. The van der Waals surface area contributed by atoms with Crippen LogP contribution in [0.15, 0.2) is 67.0 Å². The average Bonchev–Trinajstić information content (AvgIpc) is 3.65. The Morgan fingerprint density at radius 3 is 2.70 bits per heavy atom. The smallest absolute Gasteiger partial charge is 0.339 e. The van der Waals surface area contributed by atoms with Crippen LogP contribution in [0.5, 0.6) is 11.5 Å². The largest absolute Gasteiger partial charge is 0.478 e. The molecule has 4 aromatic rings. The highest BCUT2D eigenvalue weighted by atomic mass is 16.5. The summed E-state index contributed by atoms with van der Waals surface area (Å²) in [4.78, 5) is 24.7. The molecule has 2 aromatic heterocycles. The number of rotatable bonds is 8. The fraction of sp³-hybridized carbons (Fsp3) is 0.444. The first-order valence-electron chi connectivity index (χ1n) is 15.9. The number of carbonyl (C=O) groups is 1. The van der Waals surface area contributed by atoms with Crippen molar-refractivity contribution in [1.29, 1.82) is 0 Å². The summed E-state index contributed by atoms with van der Waals surface area (Å²) in [7, 11) is 0. The van der Waals surface area contributed by atoms with Crippen LogP contribution < -0.4 is 9.64 Å². The fourth-order valence-electron chi connectivity index (χ4n) is 7.99. The van der Waals surface area contributed by atoms with E-state index in [0.717, 1.165) is 29.8 Å². The molecule has 43 heavy (non-hydrogen) atoms. The number of carboxylic acid groups (broad SMARTS) is 1. The summed E-state index contributed by atoms with van der Waals surface area (Å²) >= 11 is 0. The molecule has 1 saturated carbocycles. The van der Waals surface area contributed by atoms with E-state index in [0.29, 0.717) is 34.9 Å². The summed E-state index contributed by atoms with van der Waals surface area (Å²) in [6.07, 6.45) is 12.3. The lowest BCUT2D eigenvalue weighted by Crippen LogP contribution is -2.56. The van der Waals surface area contributed by atoms with Crippen molar-refractivity contribution < 1.29 is 14.6 Å². The lowest BCUT2D eigenvalue weighted by Gasteiger charge is -2.56. The molecule has 1 spiro atoms. The Labute approximate surface area is 253 Å². The molecule has 2 aliphatic heterocycles. The molecule has 0 radical (unpaired) electrons. The Kier molecular flexibility index (Phi) is 7.38. The number of benzene rings is 2. The van der Waals surface area contributed by atoms with Crippen LogP contribution in [0.2, 0.25) is 0 Å². The van der Waals surface area contributed by atoms with Crippen LogP contribution in [0.1, 0.15) is 79.8 Å². The third-order valence-electron chi connectivity index (χ3n) is 10.3. The van der Waals surface area contributed by atoms with Crippen molar-refractivity contribution in [2.45, 2.75) is 76.8 Å². The number of H-pyrrole nitrogens is 1. The van der Waals surface area contributed by atoms with Gasteiger partial charge in [-0.3, -0.25) is 4.90 Å². The molecule has 7 nitrogen and oxygen atoms in total. The molecule has 4 heterocycles. The number of fused-ring (bicyclic) bond motifs is 1. The van der Waals surface area contributed by atoms with Gasteiger partial charge in [0.25, 0.3) is 0 Å². The molecule has 1 aliphatic carbocycles. The number of ether oxygens (including phenoxy) is 1. The van der Waals surface area contributed by atoms with Crippen LogP contribution in [-0.2, 0) is 6.42 Å². The van der Waals surface area contributed by atoms with E-state index in [1.54, 1.807) is 12.3 Å². The minimum atomic E-state index is -0.997. The lowest BCUT2D eigenvalue weighted by atomic mass is 9.60. The van der Waals surface area contributed by atoms with Gasteiger partial charge in [0.15, 0.2) is 0 Å². The van der Waals surface area contributed by atoms with E-state index in [9.17, 15) is 9.90 Å². The van der Waals surface area contributed by atoms with Crippen LogP contribution in [0, 0.1) is 5.41 Å². The predicted octanol–water partition coefficient (Wildman–Crippen LogP) is 7.63. The van der Waals surface area contributed by atoms with Gasteiger partial charge in [-0.1, -0.05) is 38.1 Å². The third kappa shape index (κ3) is 5.51. The topological polar surface area (TPSA) is 81.7 Å². The Bertz CT molecular complexity index is 1610. The number of pyridine rings is 1. The van der Waals surface area contributed by atoms with Crippen LogP contribution in [-0.4, -0.2) is 57.7 Å². The molecule has 3 fully saturated rings. The molecule has 0 bridgehead atoms. The summed E-state index contributed by atoms with van der Waals surface area (Å²) < 4.78 is 6.11. The summed E-state index contributed by atoms with van der Waals surface area (Å²) in [6, 6.07) is 19.7. The zero-order chi connectivity index (χ0) is 29.6. The molecule has 2 aromatic carbocycles. The van der Waals surface area contributed by atoms with Crippen molar-refractivity contribution in [3.8, 4) is 11.5 Å². The quantitative estimate of drug-likeness (QED) is 0.224. The number of nitrogens with one attached hydrogen (secondary N) is 1. The number of aromatic carboxylic acids is 1. The van der Waals surface area contributed by atoms with Crippen LogP contribution in [0.4, 0.5) is 5.69 Å². The molecule has 0 unspecified atom stereocenters. The fourth-order valence-corrected chi connectivity index (χ4v) is 7.99. The summed E-state index contributed by atoms with van der Waals surface area (Å²) in [5, 5.41) is 10.7. The molecular weight excluding hydrogens is 536 g/mol. The summed E-state index contributed by atoms with van der Waals surface area (Å²) in [6.45, 7) is 7.83. The number of aromatic amines is 1. The normalized spacial score (nSPS) is 20.6. The van der Waals surface area contributed by atoms with E-state index in [4.69, 9.17) is 4.74 Å². The summed E-state index contributed by atoms with van der Waals surface area (Å²) in [5.41, 5.74) is 5.44. The SMILES string of the molecule is CC(C)c1ccccc1C[C@@H]1CCCN1C1CC2(CCN(c3ccc(C(=O)O)c(Oc4cnc5[nH]ccc5c4)c3)CC2)C1. The van der Waals surface area contributed by atoms with Gasteiger partial charge in [-0.2, -0.15) is 0 Å². The monoisotopic (exact) mass is 578 g/mol. The van der Waals surface area contributed by atoms with E-state index in [-0.39, 0.29) is 5.56 Å². The van der Waals surface area contributed by atoms with E-state index in [1.165, 1.54) is 62.6 Å². The van der Waals surface area contributed by atoms with Gasteiger partial charge >= 0.3 is 5.97 Å². The molecule has 2 saturated heterocycles. The maximum absolute atomic E-state index is 12.0. The standard InChI is InChI=1S/C36H42N4O3/c1-24(2)31-8-4-3-6-25(31)18-28-7-5-15-40(28)29-21-36(22-29)12-16-39(17-13-36)27-9-10-32(35(41)42)33(20-27)43-30-19-26-11-14-37-34(26)38-23-30/h3-4,6,8-11,14,19-20,23-24,28-29H,5,7,12-13,15-18,21-22H2,1-2H3,(H,37,38)(H,41,42)/t28-/m0/s1. The Balaban J connectivity index is 0.989. The van der Waals surface area contributed by atoms with Crippen LogP contribution in [0.3, 0.4) is 0 Å². The van der Waals surface area contributed by atoms with Gasteiger partial charge < -0.3 is 19.7 Å². The Morgan fingerprint density at radius 1 is 1.09 bits per heavy atom. The molecule has 7 rings (SSSR count). The minimum absolute atomic E-state index is 0.157. The maximum Gasteiger partial charge on any atom is 0.339 e. The zero-order valence-electron chi connectivity index (χ0n) is 25.3. The Hall–Kier alpha value is -3.84. The lowest BCUT2D eigenvalue weighted by molar-refractivity contribution is -0.0220. The number of hydrogen-bond donors (Lipinski definition) is 2. The first-order valence-corrected chi connectivity index (χ1v) is 15.9. The van der Waals surface area contributed by atoms with Gasteiger partial charge in [-0.15, -0.1) is 0 Å². The van der Waals surface area contributed by atoms with Crippen molar-refractivity contribution in [3.63, 3.8) is 0 Å². The maximum atomic E-state index is 12.0. The van der Waals surface area contributed by atoms with Gasteiger partial charge in [-0.05, 0) is 98.2 Å². The minimum Gasteiger partial charge on any atom is -0.478 e. The van der Waals surface area contributed by atoms with E-state index in [2.05, 4.69) is 57.9 Å². The Morgan fingerprint density at radius 2 is 1.91 bits per heavy atom. The number of hydrogen-bond acceptors (Lipinski definition) is 5. The number of carboxylic acids is 1. The highest BCUT2D eigenvalue weighted by Crippen LogP contribution is 2.52. The molecule has 224 valence electrons. The van der Waals surface area contributed by atoms with Crippen LogP contribution in [0.25, 0.3) is 11.0 Å². The van der Waals surface area contributed by atoms with Crippen molar-refractivity contribution in [2.75, 3.05) is 24.5 Å².